The lowest BCUT2D eigenvalue weighted by molar-refractivity contribution is -0.142. The van der Waals surface area contributed by atoms with Crippen LogP contribution < -0.4 is 4.74 Å². The van der Waals surface area contributed by atoms with Gasteiger partial charge in [-0.25, -0.2) is 4.39 Å². The van der Waals surface area contributed by atoms with E-state index >= 15 is 4.39 Å². The molecule has 1 aliphatic heterocycles. The molecule has 3 aromatic carbocycles. The number of piperidine rings is 1. The van der Waals surface area contributed by atoms with Gasteiger partial charge in [-0.05, 0) is 104 Å². The topological polar surface area (TPSA) is 66.8 Å². The van der Waals surface area contributed by atoms with Crippen molar-refractivity contribution in [3.05, 3.63) is 98.8 Å². The molecule has 2 aliphatic carbocycles. The van der Waals surface area contributed by atoms with Gasteiger partial charge in [-0.1, -0.05) is 60.0 Å². The lowest BCUT2D eigenvalue weighted by Gasteiger charge is -2.38. The van der Waals surface area contributed by atoms with Crippen LogP contribution in [0.15, 0.2) is 60.7 Å². The molecule has 0 aromatic heterocycles. The first-order valence-electron chi connectivity index (χ1n) is 15.3. The number of halogens is 3. The molecule has 0 bridgehead atoms. The van der Waals surface area contributed by atoms with Crippen molar-refractivity contribution in [3.63, 3.8) is 0 Å². The van der Waals surface area contributed by atoms with Crippen LogP contribution in [0, 0.1) is 23.6 Å². The standard InChI is InChI=1S/C35H36Cl2FNO4/c36-25-15-24(16-26(37)17-25)33(23-5-2-1-3-6-23)39-13-11-21(12-14-39)20-43-32-19-31(38)30(18-29(32)22-9-10-22)34(40)27-7-4-8-28(27)35(41)42/h1-3,5-6,15-19,21-22,27-28,33H,4,7-14,20H2,(H,41,42)/t27?,28-,33?/m1/s1. The molecule has 0 amide bonds. The maximum atomic E-state index is 15.4. The zero-order valence-corrected chi connectivity index (χ0v) is 25.5. The smallest absolute Gasteiger partial charge is 0.307 e. The summed E-state index contributed by atoms with van der Waals surface area (Å²) in [7, 11) is 0. The second kappa shape index (κ2) is 13.0. The van der Waals surface area contributed by atoms with Gasteiger partial charge in [-0.2, -0.15) is 0 Å². The van der Waals surface area contributed by atoms with Crippen LogP contribution in [-0.4, -0.2) is 41.5 Å². The van der Waals surface area contributed by atoms with Crippen LogP contribution in [-0.2, 0) is 4.79 Å². The fraction of sp³-hybridized carbons (Fsp3) is 0.429. The highest BCUT2D eigenvalue weighted by Crippen LogP contribution is 2.46. The van der Waals surface area contributed by atoms with E-state index in [0.717, 1.165) is 49.9 Å². The number of hydrogen-bond donors (Lipinski definition) is 1. The van der Waals surface area contributed by atoms with Crippen LogP contribution in [0.2, 0.25) is 10.0 Å². The lowest BCUT2D eigenvalue weighted by atomic mass is 9.87. The number of ether oxygens (including phenoxy) is 1. The molecule has 1 N–H and O–H groups in total. The summed E-state index contributed by atoms with van der Waals surface area (Å²) in [6, 6.07) is 19.1. The van der Waals surface area contributed by atoms with Gasteiger partial charge in [0, 0.05) is 22.0 Å². The highest BCUT2D eigenvalue weighted by Gasteiger charge is 2.40. The third kappa shape index (κ3) is 6.77. The average Bonchev–Trinajstić information content (AvgIpc) is 3.71. The quantitative estimate of drug-likeness (QED) is 0.229. The number of nitrogens with zero attached hydrogens (tertiary/aromatic N) is 1. The maximum Gasteiger partial charge on any atom is 0.307 e. The first-order valence-corrected chi connectivity index (χ1v) is 16.0. The predicted octanol–water partition coefficient (Wildman–Crippen LogP) is 8.57. The number of likely N-dealkylation sites (tertiary alicyclic amines) is 1. The molecular formula is C35H36Cl2FNO4. The van der Waals surface area contributed by atoms with E-state index in [9.17, 15) is 14.7 Å². The molecule has 2 saturated carbocycles. The van der Waals surface area contributed by atoms with E-state index in [-0.39, 0.29) is 17.5 Å². The monoisotopic (exact) mass is 623 g/mol. The minimum Gasteiger partial charge on any atom is -0.493 e. The van der Waals surface area contributed by atoms with Crippen molar-refractivity contribution in [1.82, 2.24) is 4.90 Å². The molecule has 3 aromatic rings. The summed E-state index contributed by atoms with van der Waals surface area (Å²) in [5, 5.41) is 10.8. The Morgan fingerprint density at radius 3 is 2.21 bits per heavy atom. The molecular weight excluding hydrogens is 588 g/mol. The number of hydrogen-bond acceptors (Lipinski definition) is 4. The molecule has 5 nitrogen and oxygen atoms in total. The third-order valence-electron chi connectivity index (χ3n) is 9.36. The number of rotatable bonds is 10. The van der Waals surface area contributed by atoms with E-state index in [1.54, 1.807) is 12.1 Å². The van der Waals surface area contributed by atoms with Gasteiger partial charge in [0.1, 0.15) is 11.6 Å². The van der Waals surface area contributed by atoms with Crippen LogP contribution >= 0.6 is 23.2 Å². The van der Waals surface area contributed by atoms with E-state index in [1.165, 1.54) is 11.6 Å². The Balaban J connectivity index is 1.14. The van der Waals surface area contributed by atoms with Crippen molar-refractivity contribution in [1.29, 1.82) is 0 Å². The number of carboxylic acids is 1. The second-order valence-electron chi connectivity index (χ2n) is 12.3. The molecule has 6 rings (SSSR count). The van der Waals surface area contributed by atoms with Crippen molar-refractivity contribution >= 4 is 35.0 Å². The predicted molar refractivity (Wildman–Crippen MR) is 166 cm³/mol. The van der Waals surface area contributed by atoms with Crippen LogP contribution in [0.3, 0.4) is 0 Å². The van der Waals surface area contributed by atoms with Gasteiger partial charge in [0.2, 0.25) is 0 Å². The molecule has 3 atom stereocenters. The molecule has 1 heterocycles. The number of ketones is 1. The highest BCUT2D eigenvalue weighted by atomic mass is 35.5. The average molecular weight is 625 g/mol. The number of carboxylic acid groups (broad SMARTS) is 1. The fourth-order valence-electron chi connectivity index (χ4n) is 6.94. The molecule has 3 fully saturated rings. The van der Waals surface area contributed by atoms with Crippen molar-refractivity contribution in [2.45, 2.75) is 56.9 Å². The van der Waals surface area contributed by atoms with Gasteiger partial charge in [-0.3, -0.25) is 14.5 Å². The summed E-state index contributed by atoms with van der Waals surface area (Å²) < 4.78 is 21.6. The van der Waals surface area contributed by atoms with Gasteiger partial charge in [0.25, 0.3) is 0 Å². The minimum absolute atomic E-state index is 0.00813. The van der Waals surface area contributed by atoms with Crippen molar-refractivity contribution in [3.8, 4) is 5.75 Å². The number of benzene rings is 3. The lowest BCUT2D eigenvalue weighted by Crippen LogP contribution is -2.38. The van der Waals surface area contributed by atoms with E-state index in [0.29, 0.717) is 47.6 Å². The molecule has 2 unspecified atom stereocenters. The largest absolute Gasteiger partial charge is 0.493 e. The van der Waals surface area contributed by atoms with E-state index in [1.807, 2.05) is 30.3 Å². The Bertz CT molecular complexity index is 1470. The maximum absolute atomic E-state index is 15.4. The Morgan fingerprint density at radius 2 is 1.56 bits per heavy atom. The van der Waals surface area contributed by atoms with Gasteiger partial charge in [0.15, 0.2) is 5.78 Å². The van der Waals surface area contributed by atoms with Gasteiger partial charge >= 0.3 is 5.97 Å². The highest BCUT2D eigenvalue weighted by molar-refractivity contribution is 6.34. The summed E-state index contributed by atoms with van der Waals surface area (Å²) in [5.74, 6) is -2.33. The van der Waals surface area contributed by atoms with Crippen LogP contribution in [0.4, 0.5) is 4.39 Å². The first-order chi connectivity index (χ1) is 20.8. The molecule has 3 aliphatic rings. The summed E-state index contributed by atoms with van der Waals surface area (Å²) in [4.78, 5) is 27.4. The Labute approximate surface area is 261 Å². The molecule has 0 radical (unpaired) electrons. The van der Waals surface area contributed by atoms with Crippen molar-refractivity contribution < 1.29 is 23.8 Å². The van der Waals surface area contributed by atoms with E-state index in [4.69, 9.17) is 27.9 Å². The second-order valence-corrected chi connectivity index (χ2v) is 13.2. The molecule has 0 spiro atoms. The molecule has 8 heteroatoms. The fourth-order valence-corrected chi connectivity index (χ4v) is 7.48. The zero-order chi connectivity index (χ0) is 30.1. The zero-order valence-electron chi connectivity index (χ0n) is 24.0. The van der Waals surface area contributed by atoms with Crippen molar-refractivity contribution in [2.75, 3.05) is 19.7 Å². The molecule has 226 valence electrons. The van der Waals surface area contributed by atoms with E-state index < -0.39 is 29.4 Å². The summed E-state index contributed by atoms with van der Waals surface area (Å²) >= 11 is 12.8. The Hall–Kier alpha value is -2.93. The Morgan fingerprint density at radius 1 is 0.884 bits per heavy atom. The van der Waals surface area contributed by atoms with Crippen LogP contribution in [0.5, 0.6) is 5.75 Å². The summed E-state index contributed by atoms with van der Waals surface area (Å²) in [6.07, 6.45) is 5.42. The Kier molecular flexibility index (Phi) is 9.08. The van der Waals surface area contributed by atoms with Crippen LogP contribution in [0.1, 0.15) is 84.0 Å². The number of carbonyl (C=O) groups excluding carboxylic acids is 1. The number of Topliss-reactive ketones (excluding diaryl/α,β-unsaturated/α-hetero) is 1. The van der Waals surface area contributed by atoms with Crippen LogP contribution in [0.25, 0.3) is 0 Å². The SMILES string of the molecule is O=C(c1cc(C2CC2)c(OCC2CCN(C(c3ccccc3)c3cc(Cl)cc(Cl)c3)CC2)cc1F)C1CCC[C@H]1C(=O)O. The number of aliphatic carboxylic acids is 1. The third-order valence-corrected chi connectivity index (χ3v) is 9.79. The molecule has 1 saturated heterocycles. The summed E-state index contributed by atoms with van der Waals surface area (Å²) in [5.41, 5.74) is 3.12. The summed E-state index contributed by atoms with van der Waals surface area (Å²) in [6.45, 7) is 2.20. The van der Waals surface area contributed by atoms with Crippen molar-refractivity contribution in [2.24, 2.45) is 17.8 Å². The van der Waals surface area contributed by atoms with E-state index in [2.05, 4.69) is 17.0 Å². The number of carbonyl (C=O) groups is 2. The van der Waals surface area contributed by atoms with Gasteiger partial charge in [-0.15, -0.1) is 0 Å². The van der Waals surface area contributed by atoms with Gasteiger partial charge in [0.05, 0.1) is 24.1 Å². The normalized spacial score (nSPS) is 21.9. The van der Waals surface area contributed by atoms with Gasteiger partial charge < -0.3 is 9.84 Å². The molecule has 43 heavy (non-hydrogen) atoms. The first kappa shape index (κ1) is 30.1. The minimum atomic E-state index is -0.976.